The lowest BCUT2D eigenvalue weighted by Gasteiger charge is -2.16. The van der Waals surface area contributed by atoms with E-state index >= 15 is 0 Å². The van der Waals surface area contributed by atoms with Crippen molar-refractivity contribution in [3.8, 4) is 0 Å². The Hall–Kier alpha value is -0.570. The number of nitrogens with two attached hydrogens (primary N) is 1. The van der Waals surface area contributed by atoms with Gasteiger partial charge in [0.2, 0.25) is 0 Å². The zero-order valence-corrected chi connectivity index (χ0v) is 14.5. The van der Waals surface area contributed by atoms with E-state index < -0.39 is 6.04 Å². The molecule has 0 fully saturated rings. The fraction of sp³-hybridized carbons (Fsp3) is 0.944. The molecule has 0 bridgehead atoms. The molecular weight excluding hydrogens is 262 g/mol. The molecule has 0 aromatic carbocycles. The SMILES string of the molecule is CCCCCCCCCCCCOC(=O)[C@@H](N)[C@@H](C)CC. The third-order valence-electron chi connectivity index (χ3n) is 4.27. The van der Waals surface area contributed by atoms with Crippen molar-refractivity contribution in [1.82, 2.24) is 0 Å². The minimum atomic E-state index is -0.460. The molecule has 0 saturated carbocycles. The molecule has 0 heterocycles. The number of esters is 1. The van der Waals surface area contributed by atoms with E-state index in [2.05, 4.69) is 6.92 Å². The average Bonchev–Trinajstić information content (AvgIpc) is 2.50. The highest BCUT2D eigenvalue weighted by atomic mass is 16.5. The van der Waals surface area contributed by atoms with Crippen LogP contribution in [0.3, 0.4) is 0 Å². The Labute approximate surface area is 132 Å². The quantitative estimate of drug-likeness (QED) is 0.369. The molecule has 0 aliphatic rings. The Kier molecular flexibility index (Phi) is 14.0. The van der Waals surface area contributed by atoms with Crippen LogP contribution in [0, 0.1) is 5.92 Å². The van der Waals surface area contributed by atoms with Gasteiger partial charge in [-0.2, -0.15) is 0 Å². The van der Waals surface area contributed by atoms with Crippen molar-refractivity contribution in [2.75, 3.05) is 6.61 Å². The smallest absolute Gasteiger partial charge is 0.323 e. The predicted octanol–water partition coefficient (Wildman–Crippen LogP) is 4.82. The molecule has 0 aromatic rings. The summed E-state index contributed by atoms with van der Waals surface area (Å²) >= 11 is 0. The monoisotopic (exact) mass is 299 g/mol. The second-order valence-corrected chi connectivity index (χ2v) is 6.26. The van der Waals surface area contributed by atoms with Gasteiger partial charge in [0.25, 0.3) is 0 Å². The van der Waals surface area contributed by atoms with Gasteiger partial charge in [-0.25, -0.2) is 0 Å². The molecule has 0 aliphatic carbocycles. The molecule has 0 amide bonds. The second-order valence-electron chi connectivity index (χ2n) is 6.26. The lowest BCUT2D eigenvalue weighted by atomic mass is 10.0. The van der Waals surface area contributed by atoms with E-state index in [1.807, 2.05) is 13.8 Å². The highest BCUT2D eigenvalue weighted by Gasteiger charge is 2.20. The molecule has 2 N–H and O–H groups in total. The van der Waals surface area contributed by atoms with Gasteiger partial charge in [-0.15, -0.1) is 0 Å². The van der Waals surface area contributed by atoms with Gasteiger partial charge in [0.1, 0.15) is 6.04 Å². The Bertz CT molecular complexity index is 243. The minimum absolute atomic E-state index is 0.199. The molecule has 3 heteroatoms. The molecule has 0 aliphatic heterocycles. The minimum Gasteiger partial charge on any atom is -0.465 e. The van der Waals surface area contributed by atoms with Gasteiger partial charge >= 0.3 is 5.97 Å². The van der Waals surface area contributed by atoms with E-state index in [1.165, 1.54) is 51.4 Å². The van der Waals surface area contributed by atoms with E-state index in [-0.39, 0.29) is 11.9 Å². The fourth-order valence-corrected chi connectivity index (χ4v) is 2.34. The Morgan fingerprint density at radius 3 is 1.86 bits per heavy atom. The first kappa shape index (κ1) is 20.4. The summed E-state index contributed by atoms with van der Waals surface area (Å²) in [4.78, 5) is 11.7. The van der Waals surface area contributed by atoms with Crippen LogP contribution in [0.25, 0.3) is 0 Å². The number of carbonyl (C=O) groups excluding carboxylic acids is 1. The second kappa shape index (κ2) is 14.4. The molecule has 0 saturated heterocycles. The zero-order chi connectivity index (χ0) is 15.9. The molecular formula is C18H37NO2. The molecule has 126 valence electrons. The molecule has 3 nitrogen and oxygen atoms in total. The summed E-state index contributed by atoms with van der Waals surface area (Å²) in [6.07, 6.45) is 13.8. The lowest BCUT2D eigenvalue weighted by molar-refractivity contribution is -0.146. The lowest BCUT2D eigenvalue weighted by Crippen LogP contribution is -2.38. The normalized spacial score (nSPS) is 13.9. The van der Waals surface area contributed by atoms with Crippen molar-refractivity contribution in [3.63, 3.8) is 0 Å². The van der Waals surface area contributed by atoms with Crippen molar-refractivity contribution < 1.29 is 9.53 Å². The van der Waals surface area contributed by atoms with Gasteiger partial charge in [0.15, 0.2) is 0 Å². The third kappa shape index (κ3) is 11.7. The van der Waals surface area contributed by atoms with Crippen molar-refractivity contribution in [3.05, 3.63) is 0 Å². The topological polar surface area (TPSA) is 52.3 Å². The van der Waals surface area contributed by atoms with Gasteiger partial charge in [-0.3, -0.25) is 4.79 Å². The van der Waals surface area contributed by atoms with Gasteiger partial charge < -0.3 is 10.5 Å². The molecule has 2 atom stereocenters. The van der Waals surface area contributed by atoms with Crippen LogP contribution in [0.15, 0.2) is 0 Å². The predicted molar refractivity (Wildman–Crippen MR) is 90.2 cm³/mol. The number of hydrogen-bond donors (Lipinski definition) is 1. The Balaban J connectivity index is 3.30. The first-order chi connectivity index (χ1) is 10.1. The molecule has 0 spiro atoms. The number of rotatable bonds is 14. The Morgan fingerprint density at radius 1 is 0.905 bits per heavy atom. The largest absolute Gasteiger partial charge is 0.465 e. The first-order valence-electron chi connectivity index (χ1n) is 9.05. The number of ether oxygens (including phenoxy) is 1. The van der Waals surface area contributed by atoms with Crippen molar-refractivity contribution >= 4 is 5.97 Å². The van der Waals surface area contributed by atoms with E-state index in [0.29, 0.717) is 6.61 Å². The molecule has 0 radical (unpaired) electrons. The number of hydrogen-bond acceptors (Lipinski definition) is 3. The van der Waals surface area contributed by atoms with Crippen LogP contribution in [0.2, 0.25) is 0 Å². The summed E-state index contributed by atoms with van der Waals surface area (Å²) in [7, 11) is 0. The highest BCUT2D eigenvalue weighted by Crippen LogP contribution is 2.11. The summed E-state index contributed by atoms with van der Waals surface area (Å²) in [5.74, 6) is -0.0366. The highest BCUT2D eigenvalue weighted by molar-refractivity contribution is 5.75. The summed E-state index contributed by atoms with van der Waals surface area (Å²) in [6.45, 7) is 6.81. The molecule has 0 unspecified atom stereocenters. The van der Waals surface area contributed by atoms with E-state index in [9.17, 15) is 4.79 Å². The molecule has 0 rings (SSSR count). The van der Waals surface area contributed by atoms with E-state index in [4.69, 9.17) is 10.5 Å². The van der Waals surface area contributed by atoms with Crippen LogP contribution in [0.5, 0.6) is 0 Å². The van der Waals surface area contributed by atoms with Crippen LogP contribution in [-0.2, 0) is 9.53 Å². The van der Waals surface area contributed by atoms with Crippen molar-refractivity contribution in [2.24, 2.45) is 11.7 Å². The summed E-state index contributed by atoms with van der Waals surface area (Å²) in [6, 6.07) is -0.460. The fourth-order valence-electron chi connectivity index (χ4n) is 2.34. The number of unbranched alkanes of at least 4 members (excludes halogenated alkanes) is 9. The van der Waals surface area contributed by atoms with E-state index in [0.717, 1.165) is 19.3 Å². The van der Waals surface area contributed by atoms with Gasteiger partial charge in [0.05, 0.1) is 6.61 Å². The number of carbonyl (C=O) groups is 1. The summed E-state index contributed by atoms with van der Waals surface area (Å²) in [5, 5.41) is 0. The van der Waals surface area contributed by atoms with Crippen molar-refractivity contribution in [2.45, 2.75) is 97.4 Å². The standard InChI is InChI=1S/C18H37NO2/c1-4-6-7-8-9-10-11-12-13-14-15-21-18(20)17(19)16(3)5-2/h16-17H,4-15,19H2,1-3H3/t16-,17-/m0/s1. The van der Waals surface area contributed by atoms with Crippen LogP contribution in [0.1, 0.15) is 91.4 Å². The maximum atomic E-state index is 11.7. The van der Waals surface area contributed by atoms with Crippen molar-refractivity contribution in [1.29, 1.82) is 0 Å². The van der Waals surface area contributed by atoms with Gasteiger partial charge in [0, 0.05) is 0 Å². The first-order valence-corrected chi connectivity index (χ1v) is 9.05. The Morgan fingerprint density at radius 2 is 1.38 bits per heavy atom. The third-order valence-corrected chi connectivity index (χ3v) is 4.27. The van der Waals surface area contributed by atoms with Gasteiger partial charge in [-0.05, 0) is 12.3 Å². The maximum Gasteiger partial charge on any atom is 0.323 e. The van der Waals surface area contributed by atoms with Crippen LogP contribution >= 0.6 is 0 Å². The zero-order valence-electron chi connectivity index (χ0n) is 14.5. The average molecular weight is 299 g/mol. The summed E-state index contributed by atoms with van der Waals surface area (Å²) in [5.41, 5.74) is 5.83. The van der Waals surface area contributed by atoms with Gasteiger partial charge in [-0.1, -0.05) is 85.0 Å². The van der Waals surface area contributed by atoms with E-state index in [1.54, 1.807) is 0 Å². The van der Waals surface area contributed by atoms with Crippen LogP contribution in [0.4, 0.5) is 0 Å². The maximum absolute atomic E-state index is 11.7. The molecule has 0 aromatic heterocycles. The molecule has 21 heavy (non-hydrogen) atoms. The summed E-state index contributed by atoms with van der Waals surface area (Å²) < 4.78 is 5.23. The van der Waals surface area contributed by atoms with Crippen LogP contribution < -0.4 is 5.73 Å². The van der Waals surface area contributed by atoms with Crippen LogP contribution in [-0.4, -0.2) is 18.6 Å².